The lowest BCUT2D eigenvalue weighted by atomic mass is 9.78. The highest BCUT2D eigenvalue weighted by Gasteiger charge is 2.49. The number of hydrogen-bond acceptors (Lipinski definition) is 3. The van der Waals surface area contributed by atoms with Crippen LogP contribution in [0.1, 0.15) is 31.2 Å². The maximum atomic E-state index is 13.2. The van der Waals surface area contributed by atoms with E-state index in [1.54, 1.807) is 13.2 Å². The molecule has 2 saturated heterocycles. The molecule has 1 atom stereocenters. The summed E-state index contributed by atoms with van der Waals surface area (Å²) in [6.45, 7) is 6.22. The molecule has 1 aromatic rings. The molecule has 25 heavy (non-hydrogen) atoms. The molecule has 2 aliphatic rings. The summed E-state index contributed by atoms with van der Waals surface area (Å²) < 4.78 is 5.27. The van der Waals surface area contributed by atoms with Gasteiger partial charge in [0.05, 0.1) is 12.5 Å². The third kappa shape index (κ3) is 3.55. The Bertz CT molecular complexity index is 673. The van der Waals surface area contributed by atoms with E-state index in [2.05, 4.69) is 6.58 Å². The van der Waals surface area contributed by atoms with Crippen LogP contribution in [0.2, 0.25) is 0 Å². The van der Waals surface area contributed by atoms with E-state index in [9.17, 15) is 9.59 Å². The van der Waals surface area contributed by atoms with Gasteiger partial charge in [0.1, 0.15) is 5.75 Å². The van der Waals surface area contributed by atoms with E-state index in [-0.39, 0.29) is 11.8 Å². The topological polar surface area (TPSA) is 49.9 Å². The second-order valence-electron chi connectivity index (χ2n) is 7.02. The maximum absolute atomic E-state index is 13.2. The zero-order chi connectivity index (χ0) is 17.9. The van der Waals surface area contributed by atoms with E-state index < -0.39 is 5.41 Å². The van der Waals surface area contributed by atoms with E-state index >= 15 is 0 Å². The van der Waals surface area contributed by atoms with E-state index in [0.717, 1.165) is 37.1 Å². The van der Waals surface area contributed by atoms with Gasteiger partial charge in [-0.2, -0.15) is 0 Å². The highest BCUT2D eigenvalue weighted by atomic mass is 16.5. The van der Waals surface area contributed by atoms with Gasteiger partial charge in [-0.3, -0.25) is 9.59 Å². The van der Waals surface area contributed by atoms with Gasteiger partial charge in [0.25, 0.3) is 0 Å². The molecule has 1 aromatic carbocycles. The minimum atomic E-state index is -0.395. The number of likely N-dealkylation sites (tertiary alicyclic amines) is 2. The summed E-state index contributed by atoms with van der Waals surface area (Å²) in [5, 5.41) is 0. The Morgan fingerprint density at radius 1 is 1.36 bits per heavy atom. The van der Waals surface area contributed by atoms with Crippen LogP contribution in [0.4, 0.5) is 0 Å². The Morgan fingerprint density at radius 3 is 2.96 bits per heavy atom. The predicted octanol–water partition coefficient (Wildman–Crippen LogP) is 2.61. The Balaban J connectivity index is 1.71. The van der Waals surface area contributed by atoms with Crippen molar-refractivity contribution in [3.63, 3.8) is 0 Å². The summed E-state index contributed by atoms with van der Waals surface area (Å²) in [5.41, 5.74) is 0.677. The van der Waals surface area contributed by atoms with E-state index in [1.807, 2.05) is 34.1 Å². The van der Waals surface area contributed by atoms with Crippen molar-refractivity contribution in [2.45, 2.75) is 32.2 Å². The lowest BCUT2D eigenvalue weighted by Crippen LogP contribution is -2.50. The number of piperidine rings is 1. The Labute approximate surface area is 149 Å². The molecule has 0 aromatic heterocycles. The molecule has 0 aliphatic carbocycles. The first-order valence-electron chi connectivity index (χ1n) is 8.89. The van der Waals surface area contributed by atoms with Gasteiger partial charge < -0.3 is 14.5 Å². The van der Waals surface area contributed by atoms with Gasteiger partial charge in [0, 0.05) is 32.6 Å². The molecule has 0 saturated carbocycles. The fraction of sp³-hybridized carbons (Fsp3) is 0.500. The molecular formula is C20H26N2O3. The van der Waals surface area contributed by atoms with Crippen molar-refractivity contribution in [2.24, 2.45) is 5.41 Å². The molecule has 2 amide bonds. The molecule has 0 bridgehead atoms. The SMILES string of the molecule is C=CCC(=O)N1CC[C@]2(CCCN(Cc3cccc(OC)c3)C2=O)C1. The van der Waals surface area contributed by atoms with Gasteiger partial charge in [-0.1, -0.05) is 18.2 Å². The van der Waals surface area contributed by atoms with E-state index in [0.29, 0.717) is 26.1 Å². The molecule has 3 rings (SSSR count). The number of benzene rings is 1. The number of nitrogens with zero attached hydrogens (tertiary/aromatic N) is 2. The largest absolute Gasteiger partial charge is 0.497 e. The number of rotatable bonds is 5. The van der Waals surface area contributed by atoms with Crippen molar-refractivity contribution < 1.29 is 14.3 Å². The van der Waals surface area contributed by atoms with Crippen molar-refractivity contribution in [3.8, 4) is 5.75 Å². The fourth-order valence-corrected chi connectivity index (χ4v) is 4.01. The number of ether oxygens (including phenoxy) is 1. The second kappa shape index (κ2) is 7.30. The summed E-state index contributed by atoms with van der Waals surface area (Å²) in [6.07, 6.45) is 4.60. The van der Waals surface area contributed by atoms with Crippen LogP contribution in [0.3, 0.4) is 0 Å². The van der Waals surface area contributed by atoms with Gasteiger partial charge in [-0.05, 0) is 37.0 Å². The lowest BCUT2D eigenvalue weighted by molar-refractivity contribution is -0.146. The number of carbonyl (C=O) groups excluding carboxylic acids is 2. The molecule has 2 heterocycles. The third-order valence-electron chi connectivity index (χ3n) is 5.36. The normalized spacial score (nSPS) is 23.2. The van der Waals surface area contributed by atoms with Crippen molar-refractivity contribution in [3.05, 3.63) is 42.5 Å². The Morgan fingerprint density at radius 2 is 2.20 bits per heavy atom. The first kappa shape index (κ1) is 17.5. The van der Waals surface area contributed by atoms with Crippen LogP contribution in [0, 0.1) is 5.41 Å². The summed E-state index contributed by atoms with van der Waals surface area (Å²) in [6, 6.07) is 7.85. The van der Waals surface area contributed by atoms with Gasteiger partial charge in [0.15, 0.2) is 0 Å². The number of methoxy groups -OCH3 is 1. The molecular weight excluding hydrogens is 316 g/mol. The number of hydrogen-bond donors (Lipinski definition) is 0. The zero-order valence-electron chi connectivity index (χ0n) is 14.9. The molecule has 1 spiro atoms. The average molecular weight is 342 g/mol. The van der Waals surface area contributed by atoms with Crippen molar-refractivity contribution in [2.75, 3.05) is 26.7 Å². The van der Waals surface area contributed by atoms with Gasteiger partial charge >= 0.3 is 0 Å². The van der Waals surface area contributed by atoms with Crippen molar-refractivity contribution in [1.29, 1.82) is 0 Å². The van der Waals surface area contributed by atoms with Crippen LogP contribution in [0.25, 0.3) is 0 Å². The molecule has 0 unspecified atom stereocenters. The Hall–Kier alpha value is -2.30. The summed E-state index contributed by atoms with van der Waals surface area (Å²) in [7, 11) is 1.65. The smallest absolute Gasteiger partial charge is 0.230 e. The zero-order valence-corrected chi connectivity index (χ0v) is 14.9. The molecule has 5 heteroatoms. The van der Waals surface area contributed by atoms with Crippen LogP contribution < -0.4 is 4.74 Å². The number of carbonyl (C=O) groups is 2. The molecule has 5 nitrogen and oxygen atoms in total. The van der Waals surface area contributed by atoms with Crippen LogP contribution in [0.15, 0.2) is 36.9 Å². The molecule has 134 valence electrons. The van der Waals surface area contributed by atoms with Crippen molar-refractivity contribution in [1.82, 2.24) is 9.80 Å². The highest BCUT2D eigenvalue weighted by molar-refractivity contribution is 5.86. The van der Waals surface area contributed by atoms with Crippen molar-refractivity contribution >= 4 is 11.8 Å². The summed E-state index contributed by atoms with van der Waals surface area (Å²) in [5.74, 6) is 1.07. The van der Waals surface area contributed by atoms with Gasteiger partial charge in [-0.25, -0.2) is 0 Å². The van der Waals surface area contributed by atoms with Gasteiger partial charge in [0.2, 0.25) is 11.8 Å². The highest BCUT2D eigenvalue weighted by Crippen LogP contribution is 2.40. The fourth-order valence-electron chi connectivity index (χ4n) is 4.01. The van der Waals surface area contributed by atoms with E-state index in [4.69, 9.17) is 4.74 Å². The van der Waals surface area contributed by atoms with Crippen LogP contribution in [0.5, 0.6) is 5.75 Å². The van der Waals surface area contributed by atoms with E-state index in [1.165, 1.54) is 0 Å². The van der Waals surface area contributed by atoms with Gasteiger partial charge in [-0.15, -0.1) is 6.58 Å². The Kier molecular flexibility index (Phi) is 5.11. The molecule has 0 N–H and O–H groups in total. The van der Waals surface area contributed by atoms with Crippen LogP contribution in [-0.2, 0) is 16.1 Å². The average Bonchev–Trinajstić information content (AvgIpc) is 3.05. The summed E-state index contributed by atoms with van der Waals surface area (Å²) in [4.78, 5) is 29.1. The van der Waals surface area contributed by atoms with Crippen LogP contribution >= 0.6 is 0 Å². The maximum Gasteiger partial charge on any atom is 0.230 e. The summed E-state index contributed by atoms with van der Waals surface area (Å²) >= 11 is 0. The minimum Gasteiger partial charge on any atom is -0.497 e. The monoisotopic (exact) mass is 342 g/mol. The number of amides is 2. The third-order valence-corrected chi connectivity index (χ3v) is 5.36. The quantitative estimate of drug-likeness (QED) is 0.773. The second-order valence-corrected chi connectivity index (χ2v) is 7.02. The lowest BCUT2D eigenvalue weighted by Gasteiger charge is -2.39. The molecule has 0 radical (unpaired) electrons. The first-order chi connectivity index (χ1) is 12.1. The first-order valence-corrected chi connectivity index (χ1v) is 8.89. The molecule has 2 aliphatic heterocycles. The molecule has 2 fully saturated rings. The predicted molar refractivity (Wildman–Crippen MR) is 96.1 cm³/mol. The standard InChI is InChI=1S/C20H26N2O3/c1-3-6-18(23)22-12-10-20(15-22)9-5-11-21(19(20)24)14-16-7-4-8-17(13-16)25-2/h3-4,7-8,13H,1,5-6,9-12,14-15H2,2H3/t20-/m1/s1. The van der Waals surface area contributed by atoms with Crippen LogP contribution in [-0.4, -0.2) is 48.4 Å². The minimum absolute atomic E-state index is 0.0737.